The van der Waals surface area contributed by atoms with Gasteiger partial charge in [0.05, 0.1) is 12.0 Å². The molecule has 23 heavy (non-hydrogen) atoms. The third-order valence-corrected chi connectivity index (χ3v) is 6.66. The van der Waals surface area contributed by atoms with Gasteiger partial charge in [0.15, 0.2) is 0 Å². The van der Waals surface area contributed by atoms with Crippen molar-refractivity contribution in [1.29, 1.82) is 0 Å². The van der Waals surface area contributed by atoms with Gasteiger partial charge >= 0.3 is 11.9 Å². The maximum Gasteiger partial charge on any atom is 0.339 e. The zero-order valence-corrected chi connectivity index (χ0v) is 18.1. The number of carbonyl (C=O) groups is 2. The first-order valence-corrected chi connectivity index (χ1v) is 9.74. The van der Waals surface area contributed by atoms with E-state index in [9.17, 15) is 9.59 Å². The quantitative estimate of drug-likeness (QED) is 0.286. The van der Waals surface area contributed by atoms with Crippen molar-refractivity contribution < 1.29 is 19.4 Å². The van der Waals surface area contributed by atoms with E-state index in [-0.39, 0.29) is 6.42 Å². The first-order chi connectivity index (χ1) is 10.9. The fourth-order valence-corrected chi connectivity index (χ4v) is 4.33. The lowest BCUT2D eigenvalue weighted by Gasteiger charge is -2.17. The van der Waals surface area contributed by atoms with E-state index in [1.807, 2.05) is 12.1 Å². The Morgan fingerprint density at radius 3 is 2.35 bits per heavy atom. The standard InChI is InChI=1S/C16H11I3O4/c17-10-6-11(15(19)12(18)7-10)16(22)23-13(8-14(20)21)9-4-2-1-3-5-9/h1-7,13H,8H2,(H,20,21). The van der Waals surface area contributed by atoms with Gasteiger partial charge in [-0.05, 0) is 85.5 Å². The Labute approximate surface area is 174 Å². The maximum absolute atomic E-state index is 12.5. The average molecular weight is 648 g/mol. The summed E-state index contributed by atoms with van der Waals surface area (Å²) in [7, 11) is 0. The number of halogens is 3. The molecule has 7 heteroatoms. The zero-order chi connectivity index (χ0) is 17.0. The van der Waals surface area contributed by atoms with Crippen molar-refractivity contribution in [1.82, 2.24) is 0 Å². The van der Waals surface area contributed by atoms with Crippen molar-refractivity contribution in [3.63, 3.8) is 0 Å². The van der Waals surface area contributed by atoms with E-state index >= 15 is 0 Å². The van der Waals surface area contributed by atoms with Gasteiger partial charge in [-0.15, -0.1) is 0 Å². The van der Waals surface area contributed by atoms with Crippen LogP contribution in [0.1, 0.15) is 28.4 Å². The summed E-state index contributed by atoms with van der Waals surface area (Å²) in [6.07, 6.45) is -1.08. The molecular weight excluding hydrogens is 637 g/mol. The molecule has 0 aliphatic carbocycles. The summed E-state index contributed by atoms with van der Waals surface area (Å²) in [4.78, 5) is 23.6. The number of benzene rings is 2. The molecule has 2 aromatic rings. The van der Waals surface area contributed by atoms with Gasteiger partial charge in [0.2, 0.25) is 0 Å². The SMILES string of the molecule is O=C(O)CC(OC(=O)c1cc(I)cc(I)c1I)c1ccccc1. The fourth-order valence-electron chi connectivity index (χ4n) is 1.95. The van der Waals surface area contributed by atoms with E-state index in [2.05, 4.69) is 67.8 Å². The van der Waals surface area contributed by atoms with E-state index in [0.717, 1.165) is 10.7 Å². The number of hydrogen-bond acceptors (Lipinski definition) is 3. The molecule has 0 aliphatic heterocycles. The topological polar surface area (TPSA) is 63.6 Å². The minimum atomic E-state index is -1.02. The molecule has 2 aromatic carbocycles. The highest BCUT2D eigenvalue weighted by atomic mass is 127. The van der Waals surface area contributed by atoms with Gasteiger partial charge < -0.3 is 9.84 Å². The van der Waals surface area contributed by atoms with Gasteiger partial charge in [0.25, 0.3) is 0 Å². The average Bonchev–Trinajstić information content (AvgIpc) is 2.50. The third kappa shape index (κ3) is 5.28. The van der Waals surface area contributed by atoms with Gasteiger partial charge in [0, 0.05) is 10.7 Å². The molecule has 0 radical (unpaired) electrons. The van der Waals surface area contributed by atoms with Gasteiger partial charge in [0.1, 0.15) is 6.10 Å². The summed E-state index contributed by atoms with van der Waals surface area (Å²) in [5.41, 5.74) is 1.12. The highest BCUT2D eigenvalue weighted by Gasteiger charge is 2.23. The molecule has 0 saturated heterocycles. The van der Waals surface area contributed by atoms with Crippen LogP contribution in [0.4, 0.5) is 0 Å². The Kier molecular flexibility index (Phi) is 7.07. The molecule has 1 atom stereocenters. The van der Waals surface area contributed by atoms with Crippen molar-refractivity contribution in [3.8, 4) is 0 Å². The molecule has 0 heterocycles. The molecule has 0 amide bonds. The molecular formula is C16H11I3O4. The molecule has 0 spiro atoms. The number of carboxylic acids is 1. The van der Waals surface area contributed by atoms with E-state index in [4.69, 9.17) is 9.84 Å². The molecule has 0 fully saturated rings. The molecule has 0 saturated carbocycles. The number of carbonyl (C=O) groups excluding carboxylic acids is 1. The zero-order valence-electron chi connectivity index (χ0n) is 11.6. The lowest BCUT2D eigenvalue weighted by molar-refractivity contribution is -0.139. The highest BCUT2D eigenvalue weighted by molar-refractivity contribution is 14.1. The molecule has 1 unspecified atom stereocenters. The van der Waals surface area contributed by atoms with Crippen LogP contribution in [0.15, 0.2) is 42.5 Å². The van der Waals surface area contributed by atoms with Crippen LogP contribution < -0.4 is 0 Å². The summed E-state index contributed by atoms with van der Waals surface area (Å²) < 4.78 is 8.17. The summed E-state index contributed by atoms with van der Waals surface area (Å²) in [6, 6.07) is 12.6. The first kappa shape index (κ1) is 18.9. The van der Waals surface area contributed by atoms with Crippen molar-refractivity contribution in [2.75, 3.05) is 0 Å². The Morgan fingerprint density at radius 1 is 1.09 bits per heavy atom. The second kappa shape index (κ2) is 8.60. The van der Waals surface area contributed by atoms with E-state index in [1.165, 1.54) is 0 Å². The van der Waals surface area contributed by atoms with E-state index in [0.29, 0.717) is 11.1 Å². The van der Waals surface area contributed by atoms with Crippen LogP contribution in [0, 0.1) is 10.7 Å². The predicted octanol–water partition coefficient (Wildman–Crippen LogP) is 4.87. The number of hydrogen-bond donors (Lipinski definition) is 1. The first-order valence-electron chi connectivity index (χ1n) is 6.50. The van der Waals surface area contributed by atoms with Crippen molar-refractivity contribution >= 4 is 79.7 Å². The summed E-state index contributed by atoms with van der Waals surface area (Å²) in [5, 5.41) is 9.08. The van der Waals surface area contributed by atoms with Crippen molar-refractivity contribution in [2.45, 2.75) is 12.5 Å². The largest absolute Gasteiger partial charge is 0.481 e. The molecule has 1 N–H and O–H groups in total. The fraction of sp³-hybridized carbons (Fsp3) is 0.125. The maximum atomic E-state index is 12.5. The van der Waals surface area contributed by atoms with Gasteiger partial charge in [-0.25, -0.2) is 4.79 Å². The highest BCUT2D eigenvalue weighted by Crippen LogP contribution is 2.27. The second-order valence-electron chi connectivity index (χ2n) is 4.65. The van der Waals surface area contributed by atoms with Crippen molar-refractivity contribution in [2.24, 2.45) is 0 Å². The number of aliphatic carboxylic acids is 1. The normalized spacial score (nSPS) is 11.8. The number of carboxylic acid groups (broad SMARTS) is 1. The Hall–Kier alpha value is -0.430. The van der Waals surface area contributed by atoms with Crippen LogP contribution in [0.3, 0.4) is 0 Å². The molecule has 120 valence electrons. The lowest BCUT2D eigenvalue weighted by Crippen LogP contribution is -2.16. The number of rotatable bonds is 5. The minimum absolute atomic E-state index is 0.270. The van der Waals surface area contributed by atoms with Crippen LogP contribution in [-0.2, 0) is 9.53 Å². The minimum Gasteiger partial charge on any atom is -0.481 e. The Balaban J connectivity index is 2.30. The van der Waals surface area contributed by atoms with Crippen LogP contribution in [0.25, 0.3) is 0 Å². The molecule has 0 aliphatic rings. The number of ether oxygens (including phenoxy) is 1. The summed E-state index contributed by atoms with van der Waals surface area (Å²) >= 11 is 6.39. The van der Waals surface area contributed by atoms with Crippen molar-refractivity contribution in [3.05, 3.63) is 64.3 Å². The van der Waals surface area contributed by atoms with Gasteiger partial charge in [-0.3, -0.25) is 4.79 Å². The van der Waals surface area contributed by atoms with Crippen LogP contribution >= 0.6 is 67.8 Å². The molecule has 4 nitrogen and oxygen atoms in total. The smallest absolute Gasteiger partial charge is 0.339 e. The molecule has 0 bridgehead atoms. The number of esters is 1. The van der Waals surface area contributed by atoms with Gasteiger partial charge in [-0.2, -0.15) is 0 Å². The summed E-state index contributed by atoms with van der Waals surface area (Å²) in [5.74, 6) is -1.53. The predicted molar refractivity (Wildman–Crippen MR) is 111 cm³/mol. The van der Waals surface area contributed by atoms with E-state index < -0.39 is 18.0 Å². The molecule has 0 aromatic heterocycles. The Morgan fingerprint density at radius 2 is 1.74 bits per heavy atom. The monoisotopic (exact) mass is 648 g/mol. The summed E-state index contributed by atoms with van der Waals surface area (Å²) in [6.45, 7) is 0. The van der Waals surface area contributed by atoms with E-state index in [1.54, 1.807) is 30.3 Å². The molecule has 2 rings (SSSR count). The van der Waals surface area contributed by atoms with Crippen LogP contribution in [0.5, 0.6) is 0 Å². The second-order valence-corrected chi connectivity index (χ2v) is 8.14. The van der Waals surface area contributed by atoms with Crippen LogP contribution in [0.2, 0.25) is 0 Å². The van der Waals surface area contributed by atoms with Crippen LogP contribution in [-0.4, -0.2) is 17.0 Å². The third-order valence-electron chi connectivity index (χ3n) is 2.99. The Bertz CT molecular complexity index is 732. The van der Waals surface area contributed by atoms with Gasteiger partial charge in [-0.1, -0.05) is 30.3 Å². The lowest BCUT2D eigenvalue weighted by atomic mass is 10.1.